The largest absolute Gasteiger partial charge is 0.366 e. The van der Waals surface area contributed by atoms with E-state index >= 15 is 0 Å². The summed E-state index contributed by atoms with van der Waals surface area (Å²) in [5.41, 5.74) is 6.57. The second kappa shape index (κ2) is 2.37. The Hall–Kier alpha value is -1.77. The number of hydrogen-bond acceptors (Lipinski definition) is 1. The Morgan fingerprint density at radius 2 is 2.42 bits per heavy atom. The van der Waals surface area contributed by atoms with Crippen LogP contribution in [0.4, 0.5) is 0 Å². The minimum atomic E-state index is -0.416. The molecular formula is C9H7N2O. The van der Waals surface area contributed by atoms with Gasteiger partial charge in [-0.05, 0) is 18.2 Å². The lowest BCUT2D eigenvalue weighted by Crippen LogP contribution is -2.09. The molecule has 0 atom stereocenters. The van der Waals surface area contributed by atoms with Crippen molar-refractivity contribution in [2.24, 2.45) is 5.73 Å². The van der Waals surface area contributed by atoms with Crippen molar-refractivity contribution in [3.63, 3.8) is 0 Å². The maximum Gasteiger partial charge on any atom is 0.250 e. The molecular weight excluding hydrogens is 152 g/mol. The molecule has 1 amide bonds. The lowest BCUT2D eigenvalue weighted by Gasteiger charge is -1.89. The average Bonchev–Trinajstić information content (AvgIpc) is 2.47. The number of nitrogens with one attached hydrogen (secondary N) is 1. The molecule has 0 unspecified atom stereocenters. The first-order valence-electron chi connectivity index (χ1n) is 3.56. The van der Waals surface area contributed by atoms with E-state index in [1.165, 1.54) is 0 Å². The first-order chi connectivity index (χ1) is 5.79. The summed E-state index contributed by atoms with van der Waals surface area (Å²) in [6, 6.07) is 8.26. The van der Waals surface area contributed by atoms with Gasteiger partial charge in [0.1, 0.15) is 0 Å². The summed E-state index contributed by atoms with van der Waals surface area (Å²) in [4.78, 5) is 13.8. The molecule has 1 aromatic carbocycles. The zero-order valence-corrected chi connectivity index (χ0v) is 6.29. The van der Waals surface area contributed by atoms with Gasteiger partial charge in [-0.2, -0.15) is 0 Å². The molecule has 0 saturated heterocycles. The number of nitrogens with two attached hydrogens (primary N) is 1. The van der Waals surface area contributed by atoms with Crippen molar-refractivity contribution >= 4 is 16.8 Å². The maximum absolute atomic E-state index is 10.9. The van der Waals surface area contributed by atoms with E-state index in [1.807, 2.05) is 6.07 Å². The van der Waals surface area contributed by atoms with E-state index in [1.54, 1.807) is 18.3 Å². The van der Waals surface area contributed by atoms with Gasteiger partial charge in [0.2, 0.25) is 0 Å². The van der Waals surface area contributed by atoms with E-state index in [2.05, 4.69) is 11.1 Å². The molecule has 0 saturated carbocycles. The molecule has 0 aliphatic rings. The van der Waals surface area contributed by atoms with Gasteiger partial charge in [0.25, 0.3) is 5.91 Å². The molecule has 0 aliphatic heterocycles. The molecule has 0 spiro atoms. The lowest BCUT2D eigenvalue weighted by molar-refractivity contribution is 0.100. The first kappa shape index (κ1) is 6.91. The fraction of sp³-hybridized carbons (Fsp3) is 0. The molecule has 2 rings (SSSR count). The highest BCUT2D eigenvalue weighted by atomic mass is 16.1. The Kier molecular flexibility index (Phi) is 1.37. The topological polar surface area (TPSA) is 58.9 Å². The number of amides is 1. The molecule has 3 N–H and O–H groups in total. The summed E-state index contributed by atoms with van der Waals surface area (Å²) < 4.78 is 0. The van der Waals surface area contributed by atoms with Crippen LogP contribution >= 0.6 is 0 Å². The first-order valence-corrected chi connectivity index (χ1v) is 3.56. The highest BCUT2D eigenvalue weighted by molar-refractivity contribution is 6.05. The number of carbonyl (C=O) groups excluding carboxylic acids is 1. The van der Waals surface area contributed by atoms with Gasteiger partial charge in [-0.25, -0.2) is 0 Å². The Labute approximate surface area is 69.2 Å². The van der Waals surface area contributed by atoms with Crippen molar-refractivity contribution in [3.05, 3.63) is 36.0 Å². The van der Waals surface area contributed by atoms with Gasteiger partial charge in [0, 0.05) is 17.1 Å². The highest BCUT2D eigenvalue weighted by Gasteiger charge is 2.06. The molecule has 12 heavy (non-hydrogen) atoms. The number of carbonyl (C=O) groups is 1. The van der Waals surface area contributed by atoms with Crippen LogP contribution in [0.1, 0.15) is 10.4 Å². The molecule has 1 radical (unpaired) electrons. The molecule has 0 fully saturated rings. The normalized spacial score (nSPS) is 10.3. The van der Waals surface area contributed by atoms with Crippen LogP contribution in [-0.2, 0) is 0 Å². The molecule has 59 valence electrons. The second-order valence-electron chi connectivity index (χ2n) is 2.54. The molecule has 3 heteroatoms. The number of rotatable bonds is 1. The number of fused-ring (bicyclic) bond motifs is 1. The predicted octanol–water partition coefficient (Wildman–Crippen LogP) is 1.07. The van der Waals surface area contributed by atoms with Gasteiger partial charge in [0.05, 0.1) is 5.56 Å². The van der Waals surface area contributed by atoms with Crippen molar-refractivity contribution in [3.8, 4) is 0 Å². The van der Waals surface area contributed by atoms with Crippen LogP contribution in [0.3, 0.4) is 0 Å². The van der Waals surface area contributed by atoms with E-state index in [9.17, 15) is 4.79 Å². The Balaban J connectivity index is 2.79. The van der Waals surface area contributed by atoms with E-state index in [-0.39, 0.29) is 0 Å². The quantitative estimate of drug-likeness (QED) is 0.642. The van der Waals surface area contributed by atoms with Crippen LogP contribution in [0.15, 0.2) is 24.4 Å². The van der Waals surface area contributed by atoms with Gasteiger partial charge in [-0.1, -0.05) is 6.07 Å². The van der Waals surface area contributed by atoms with Crippen LogP contribution in [0.25, 0.3) is 10.9 Å². The van der Waals surface area contributed by atoms with Crippen LogP contribution < -0.4 is 5.73 Å². The van der Waals surface area contributed by atoms with E-state index in [4.69, 9.17) is 5.73 Å². The smallest absolute Gasteiger partial charge is 0.250 e. The zero-order chi connectivity index (χ0) is 8.55. The van der Waals surface area contributed by atoms with Crippen molar-refractivity contribution in [2.45, 2.75) is 0 Å². The molecule has 0 bridgehead atoms. The Bertz CT molecular complexity index is 431. The standard InChI is InChI=1S/C9H7N2O/c10-9(12)7-5-11-8-4-2-1-3-6(7)8/h2-5,11H,(H2,10,12). The number of primary amides is 1. The summed E-state index contributed by atoms with van der Waals surface area (Å²) in [6.45, 7) is 0. The number of aromatic nitrogens is 1. The summed E-state index contributed by atoms with van der Waals surface area (Å²) in [7, 11) is 0. The summed E-state index contributed by atoms with van der Waals surface area (Å²) in [5.74, 6) is -0.416. The third kappa shape index (κ3) is 0.871. The summed E-state index contributed by atoms with van der Waals surface area (Å²) in [5, 5.41) is 0.824. The van der Waals surface area contributed by atoms with Crippen LogP contribution in [0.2, 0.25) is 0 Å². The van der Waals surface area contributed by atoms with Gasteiger partial charge in [0.15, 0.2) is 0 Å². The fourth-order valence-corrected chi connectivity index (χ4v) is 1.21. The monoisotopic (exact) mass is 159 g/mol. The number of aromatic amines is 1. The Morgan fingerprint density at radius 1 is 1.58 bits per heavy atom. The minimum absolute atomic E-state index is 0.416. The minimum Gasteiger partial charge on any atom is -0.366 e. The fourth-order valence-electron chi connectivity index (χ4n) is 1.21. The summed E-state index contributed by atoms with van der Waals surface area (Å²) >= 11 is 0. The van der Waals surface area contributed by atoms with Crippen molar-refractivity contribution in [1.82, 2.24) is 4.98 Å². The predicted molar refractivity (Wildman–Crippen MR) is 45.7 cm³/mol. The van der Waals surface area contributed by atoms with Gasteiger partial charge in [-0.3, -0.25) is 4.79 Å². The zero-order valence-electron chi connectivity index (χ0n) is 6.29. The third-order valence-corrected chi connectivity index (χ3v) is 1.79. The number of hydrogen-bond donors (Lipinski definition) is 2. The summed E-state index contributed by atoms with van der Waals surface area (Å²) in [6.07, 6.45) is 1.61. The van der Waals surface area contributed by atoms with Gasteiger partial charge < -0.3 is 10.7 Å². The van der Waals surface area contributed by atoms with Gasteiger partial charge in [-0.15, -0.1) is 0 Å². The van der Waals surface area contributed by atoms with Crippen LogP contribution in [0, 0.1) is 6.07 Å². The molecule has 0 aliphatic carbocycles. The van der Waals surface area contributed by atoms with Crippen LogP contribution in [0.5, 0.6) is 0 Å². The number of benzene rings is 1. The van der Waals surface area contributed by atoms with E-state index in [0.717, 1.165) is 10.9 Å². The average molecular weight is 159 g/mol. The van der Waals surface area contributed by atoms with Crippen molar-refractivity contribution in [1.29, 1.82) is 0 Å². The van der Waals surface area contributed by atoms with E-state index in [0.29, 0.717) is 5.56 Å². The molecule has 1 heterocycles. The highest BCUT2D eigenvalue weighted by Crippen LogP contribution is 2.16. The third-order valence-electron chi connectivity index (χ3n) is 1.79. The van der Waals surface area contributed by atoms with Crippen LogP contribution in [-0.4, -0.2) is 10.9 Å². The van der Waals surface area contributed by atoms with Gasteiger partial charge >= 0.3 is 0 Å². The molecule has 3 nitrogen and oxygen atoms in total. The maximum atomic E-state index is 10.9. The van der Waals surface area contributed by atoms with E-state index < -0.39 is 5.91 Å². The molecule has 2 aromatic rings. The number of H-pyrrole nitrogens is 1. The Morgan fingerprint density at radius 3 is 3.17 bits per heavy atom. The second-order valence-corrected chi connectivity index (χ2v) is 2.54. The van der Waals surface area contributed by atoms with Crippen molar-refractivity contribution in [2.75, 3.05) is 0 Å². The van der Waals surface area contributed by atoms with Crippen molar-refractivity contribution < 1.29 is 4.79 Å². The lowest BCUT2D eigenvalue weighted by atomic mass is 10.2. The SMILES string of the molecule is NC(=O)c1c[nH]c2cc[c]cc12. The molecule has 1 aromatic heterocycles.